The Labute approximate surface area is 98.2 Å². The number of aryl methyl sites for hydroxylation is 2. The molecule has 1 aromatic carbocycles. The highest BCUT2D eigenvalue weighted by molar-refractivity contribution is 9.10. The summed E-state index contributed by atoms with van der Waals surface area (Å²) in [6, 6.07) is 4.41. The molecule has 0 unspecified atom stereocenters. The maximum absolute atomic E-state index is 3.61. The first-order valence-electron chi connectivity index (χ1n) is 5.05. The Hall–Kier alpha value is -0.800. The van der Waals surface area contributed by atoms with Crippen molar-refractivity contribution in [1.82, 2.24) is 10.3 Å². The molecule has 15 heavy (non-hydrogen) atoms. The summed E-state index contributed by atoms with van der Waals surface area (Å²) in [7, 11) is 1.97. The normalized spacial score (nSPS) is 11.2. The summed E-state index contributed by atoms with van der Waals surface area (Å²) in [4.78, 5) is 3.40. The van der Waals surface area contributed by atoms with Gasteiger partial charge in [0.25, 0.3) is 0 Å². The summed E-state index contributed by atoms with van der Waals surface area (Å²) in [6.07, 6.45) is 0. The smallest absolute Gasteiger partial charge is 0.0603 e. The highest BCUT2D eigenvalue weighted by Gasteiger charge is 2.08. The third-order valence-electron chi connectivity index (χ3n) is 2.81. The van der Waals surface area contributed by atoms with Gasteiger partial charge in [-0.3, -0.25) is 0 Å². The Balaban J connectivity index is 2.68. The number of hydrogen-bond donors (Lipinski definition) is 2. The van der Waals surface area contributed by atoms with Crippen LogP contribution >= 0.6 is 15.9 Å². The topological polar surface area (TPSA) is 27.8 Å². The molecule has 2 rings (SSSR count). The Bertz CT molecular complexity index is 500. The van der Waals surface area contributed by atoms with Crippen molar-refractivity contribution in [2.24, 2.45) is 0 Å². The minimum atomic E-state index is 0.901. The minimum Gasteiger partial charge on any atom is -0.357 e. The fourth-order valence-corrected chi connectivity index (χ4v) is 2.48. The molecule has 0 aliphatic rings. The van der Waals surface area contributed by atoms with Crippen LogP contribution in [0.2, 0.25) is 0 Å². The van der Waals surface area contributed by atoms with Gasteiger partial charge >= 0.3 is 0 Å². The van der Waals surface area contributed by atoms with Crippen molar-refractivity contribution in [3.63, 3.8) is 0 Å². The van der Waals surface area contributed by atoms with Gasteiger partial charge in [-0.15, -0.1) is 0 Å². The van der Waals surface area contributed by atoms with Crippen LogP contribution in [-0.4, -0.2) is 12.0 Å². The molecule has 0 amide bonds. The van der Waals surface area contributed by atoms with Crippen molar-refractivity contribution >= 4 is 26.8 Å². The molecule has 0 radical (unpaired) electrons. The summed E-state index contributed by atoms with van der Waals surface area (Å²) in [6.45, 7) is 5.17. The largest absolute Gasteiger partial charge is 0.357 e. The second kappa shape index (κ2) is 3.99. The van der Waals surface area contributed by atoms with Gasteiger partial charge in [0.1, 0.15) is 0 Å². The summed E-state index contributed by atoms with van der Waals surface area (Å²) < 4.78 is 1.14. The maximum Gasteiger partial charge on any atom is 0.0603 e. The molecule has 0 bridgehead atoms. The van der Waals surface area contributed by atoms with Crippen LogP contribution in [0.4, 0.5) is 0 Å². The van der Waals surface area contributed by atoms with Crippen molar-refractivity contribution in [1.29, 1.82) is 0 Å². The zero-order valence-corrected chi connectivity index (χ0v) is 10.8. The number of halogens is 1. The number of fused-ring (bicyclic) bond motifs is 1. The van der Waals surface area contributed by atoms with Gasteiger partial charge in [-0.2, -0.15) is 0 Å². The van der Waals surface area contributed by atoms with Crippen LogP contribution in [0.5, 0.6) is 0 Å². The number of nitrogens with one attached hydrogen (secondary N) is 2. The molecule has 0 saturated carbocycles. The van der Waals surface area contributed by atoms with E-state index < -0.39 is 0 Å². The molecule has 2 aromatic rings. The van der Waals surface area contributed by atoms with Crippen LogP contribution in [0, 0.1) is 13.8 Å². The van der Waals surface area contributed by atoms with Gasteiger partial charge in [-0.25, -0.2) is 0 Å². The fraction of sp³-hybridized carbons (Fsp3) is 0.333. The predicted octanol–water partition coefficient (Wildman–Crippen LogP) is 3.27. The molecule has 80 valence electrons. The SMILES string of the molecule is CNCc1cc(Br)c2[nH]c(C)c(C)c2c1. The van der Waals surface area contributed by atoms with Gasteiger partial charge in [0.15, 0.2) is 0 Å². The first kappa shape index (κ1) is 10.7. The molecular weight excluding hydrogens is 252 g/mol. The Morgan fingerprint density at radius 3 is 2.73 bits per heavy atom. The van der Waals surface area contributed by atoms with Crippen molar-refractivity contribution in [2.75, 3.05) is 7.05 Å². The molecule has 3 heteroatoms. The predicted molar refractivity (Wildman–Crippen MR) is 68.2 cm³/mol. The molecule has 0 aliphatic heterocycles. The van der Waals surface area contributed by atoms with E-state index in [9.17, 15) is 0 Å². The van der Waals surface area contributed by atoms with Crippen LogP contribution in [0.25, 0.3) is 10.9 Å². The fourth-order valence-electron chi connectivity index (χ4n) is 1.88. The van der Waals surface area contributed by atoms with E-state index >= 15 is 0 Å². The molecule has 0 spiro atoms. The van der Waals surface area contributed by atoms with E-state index in [0.29, 0.717) is 0 Å². The van der Waals surface area contributed by atoms with Gasteiger partial charge in [0.2, 0.25) is 0 Å². The maximum atomic E-state index is 3.61. The lowest BCUT2D eigenvalue weighted by Crippen LogP contribution is -2.04. The van der Waals surface area contributed by atoms with Crippen molar-refractivity contribution in [2.45, 2.75) is 20.4 Å². The standard InChI is InChI=1S/C12H15BrN2/c1-7-8(2)15-12-10(7)4-9(6-14-3)5-11(12)13/h4-5,14-15H,6H2,1-3H3. The van der Waals surface area contributed by atoms with Gasteiger partial charge in [-0.1, -0.05) is 0 Å². The van der Waals surface area contributed by atoms with Crippen LogP contribution in [0.1, 0.15) is 16.8 Å². The molecule has 0 aliphatic carbocycles. The average molecular weight is 267 g/mol. The lowest BCUT2D eigenvalue weighted by atomic mass is 10.1. The van der Waals surface area contributed by atoms with Crippen molar-refractivity contribution in [3.8, 4) is 0 Å². The van der Waals surface area contributed by atoms with Crippen LogP contribution in [-0.2, 0) is 6.54 Å². The molecule has 0 saturated heterocycles. The lowest BCUT2D eigenvalue weighted by Gasteiger charge is -2.03. The van der Waals surface area contributed by atoms with Crippen molar-refractivity contribution in [3.05, 3.63) is 33.4 Å². The van der Waals surface area contributed by atoms with Gasteiger partial charge in [-0.05, 0) is 60.1 Å². The van der Waals surface area contributed by atoms with Crippen LogP contribution in [0.15, 0.2) is 16.6 Å². The Morgan fingerprint density at radius 2 is 2.07 bits per heavy atom. The molecule has 1 heterocycles. The average Bonchev–Trinajstić information content (AvgIpc) is 2.46. The minimum absolute atomic E-state index is 0.901. The van der Waals surface area contributed by atoms with Gasteiger partial charge in [0.05, 0.1) is 5.52 Å². The van der Waals surface area contributed by atoms with Gasteiger partial charge < -0.3 is 10.3 Å². The molecular formula is C12H15BrN2. The van der Waals surface area contributed by atoms with Crippen molar-refractivity contribution < 1.29 is 0 Å². The molecule has 2 N–H and O–H groups in total. The molecule has 0 atom stereocenters. The number of H-pyrrole nitrogens is 1. The number of aromatic nitrogens is 1. The lowest BCUT2D eigenvalue weighted by molar-refractivity contribution is 0.818. The van der Waals surface area contributed by atoms with E-state index in [-0.39, 0.29) is 0 Å². The number of hydrogen-bond acceptors (Lipinski definition) is 1. The summed E-state index contributed by atoms with van der Waals surface area (Å²) in [5, 5.41) is 4.48. The second-order valence-corrected chi connectivity index (χ2v) is 4.76. The van der Waals surface area contributed by atoms with Gasteiger partial charge in [0, 0.05) is 22.1 Å². The highest BCUT2D eigenvalue weighted by Crippen LogP contribution is 2.29. The zero-order valence-electron chi connectivity index (χ0n) is 9.24. The van der Waals surface area contributed by atoms with Crippen LogP contribution in [0.3, 0.4) is 0 Å². The number of rotatable bonds is 2. The van der Waals surface area contributed by atoms with E-state index in [4.69, 9.17) is 0 Å². The molecule has 0 fully saturated rings. The summed E-state index contributed by atoms with van der Waals surface area (Å²) in [5.41, 5.74) is 5.08. The number of benzene rings is 1. The van der Waals surface area contributed by atoms with E-state index in [2.05, 4.69) is 52.2 Å². The third-order valence-corrected chi connectivity index (χ3v) is 3.44. The van der Waals surface area contributed by atoms with E-state index in [1.165, 1.54) is 27.7 Å². The van der Waals surface area contributed by atoms with E-state index in [1.54, 1.807) is 0 Å². The summed E-state index contributed by atoms with van der Waals surface area (Å²) >= 11 is 3.61. The highest BCUT2D eigenvalue weighted by atomic mass is 79.9. The third kappa shape index (κ3) is 1.82. The quantitative estimate of drug-likeness (QED) is 0.858. The molecule has 1 aromatic heterocycles. The molecule has 2 nitrogen and oxygen atoms in total. The van der Waals surface area contributed by atoms with E-state index in [0.717, 1.165) is 11.0 Å². The van der Waals surface area contributed by atoms with E-state index in [1.807, 2.05) is 7.05 Å². The number of aromatic amines is 1. The monoisotopic (exact) mass is 266 g/mol. The first-order chi connectivity index (χ1) is 7.13. The zero-order chi connectivity index (χ0) is 11.0. The summed E-state index contributed by atoms with van der Waals surface area (Å²) in [5.74, 6) is 0. The second-order valence-electron chi connectivity index (χ2n) is 3.91. The van der Waals surface area contributed by atoms with Crippen LogP contribution < -0.4 is 5.32 Å². The Kier molecular flexibility index (Phi) is 2.85. The Morgan fingerprint density at radius 1 is 1.33 bits per heavy atom. The first-order valence-corrected chi connectivity index (χ1v) is 5.84.